The van der Waals surface area contributed by atoms with E-state index in [-0.39, 0.29) is 21.8 Å². The number of benzene rings is 2. The Hall–Kier alpha value is -3.64. The first-order valence-corrected chi connectivity index (χ1v) is 11.5. The standard InChI is InChI=1S/C24H30N4O6S2/c1-14(21(35)25-27(2)23(29)15-8-17(31-4)12-18(9-15)32-5)22(36)26-28(3)24(30)16-10-19(33-6)13-20(11-16)34-7/h8-14H,1-7H3,(H,25,35)(H,26,36). The minimum absolute atomic E-state index is 0.280. The fraction of sp³-hybridized carbons (Fsp3) is 0.333. The topological polar surface area (TPSA) is 102 Å². The van der Waals surface area contributed by atoms with Crippen LogP contribution in [0.4, 0.5) is 0 Å². The van der Waals surface area contributed by atoms with Crippen LogP contribution in [0.15, 0.2) is 36.4 Å². The van der Waals surface area contributed by atoms with Crippen LogP contribution < -0.4 is 29.8 Å². The lowest BCUT2D eigenvalue weighted by Crippen LogP contribution is -2.50. The van der Waals surface area contributed by atoms with E-state index in [1.807, 2.05) is 0 Å². The van der Waals surface area contributed by atoms with Gasteiger partial charge in [0.1, 0.15) is 33.0 Å². The van der Waals surface area contributed by atoms with Crippen LogP contribution in [0.1, 0.15) is 27.6 Å². The number of amides is 2. The third kappa shape index (κ3) is 7.18. The number of carbonyl (C=O) groups is 2. The van der Waals surface area contributed by atoms with Gasteiger partial charge in [-0.2, -0.15) is 0 Å². The van der Waals surface area contributed by atoms with E-state index in [2.05, 4.69) is 10.9 Å². The minimum Gasteiger partial charge on any atom is -0.497 e. The molecule has 36 heavy (non-hydrogen) atoms. The van der Waals surface area contributed by atoms with Crippen LogP contribution in [-0.4, -0.2) is 74.3 Å². The second kappa shape index (κ2) is 12.9. The van der Waals surface area contributed by atoms with Crippen LogP contribution in [0, 0.1) is 5.92 Å². The lowest BCUT2D eigenvalue weighted by molar-refractivity contribution is 0.0755. The molecule has 12 heteroatoms. The van der Waals surface area contributed by atoms with E-state index < -0.39 is 5.92 Å². The first-order chi connectivity index (χ1) is 17.0. The number of carbonyl (C=O) groups excluding carboxylic acids is 2. The summed E-state index contributed by atoms with van der Waals surface area (Å²) < 4.78 is 20.9. The van der Waals surface area contributed by atoms with Gasteiger partial charge in [-0.3, -0.25) is 30.5 Å². The van der Waals surface area contributed by atoms with Crippen molar-refractivity contribution in [3.05, 3.63) is 47.5 Å². The van der Waals surface area contributed by atoms with Crippen molar-refractivity contribution in [2.75, 3.05) is 42.5 Å². The van der Waals surface area contributed by atoms with Crippen molar-refractivity contribution >= 4 is 46.2 Å². The van der Waals surface area contributed by atoms with E-state index >= 15 is 0 Å². The third-order valence-corrected chi connectivity index (χ3v) is 6.04. The summed E-state index contributed by atoms with van der Waals surface area (Å²) in [6.45, 7) is 1.75. The monoisotopic (exact) mass is 534 g/mol. The summed E-state index contributed by atoms with van der Waals surface area (Å²) in [4.78, 5) is 26.4. The number of hydrogen-bond donors (Lipinski definition) is 2. The van der Waals surface area contributed by atoms with Gasteiger partial charge in [0.2, 0.25) is 0 Å². The maximum absolute atomic E-state index is 12.9. The first kappa shape index (κ1) is 28.6. The molecule has 0 saturated heterocycles. The molecular formula is C24H30N4O6S2. The average Bonchev–Trinajstić information content (AvgIpc) is 2.90. The van der Waals surface area contributed by atoms with Crippen LogP contribution >= 0.6 is 24.4 Å². The zero-order valence-electron chi connectivity index (χ0n) is 21.2. The van der Waals surface area contributed by atoms with E-state index in [9.17, 15) is 9.59 Å². The summed E-state index contributed by atoms with van der Waals surface area (Å²) in [5.74, 6) is 0.699. The number of nitrogens with zero attached hydrogens (tertiary/aromatic N) is 2. The van der Waals surface area contributed by atoms with Crippen LogP contribution in [0.25, 0.3) is 0 Å². The highest BCUT2D eigenvalue weighted by Crippen LogP contribution is 2.24. The Balaban J connectivity index is 2.04. The maximum atomic E-state index is 12.9. The molecule has 0 aliphatic carbocycles. The predicted octanol–water partition coefficient (Wildman–Crippen LogP) is 2.87. The van der Waals surface area contributed by atoms with Gasteiger partial charge in [0.15, 0.2) is 0 Å². The van der Waals surface area contributed by atoms with Gasteiger partial charge in [-0.25, -0.2) is 0 Å². The molecule has 2 aromatic carbocycles. The highest BCUT2D eigenvalue weighted by molar-refractivity contribution is 7.82. The molecule has 0 heterocycles. The van der Waals surface area contributed by atoms with Gasteiger partial charge in [0.25, 0.3) is 11.8 Å². The Morgan fingerprint density at radius 3 is 1.19 bits per heavy atom. The molecule has 2 N–H and O–H groups in total. The van der Waals surface area contributed by atoms with Crippen molar-refractivity contribution in [1.82, 2.24) is 20.9 Å². The lowest BCUT2D eigenvalue weighted by Gasteiger charge is -2.26. The Morgan fingerprint density at radius 2 is 0.944 bits per heavy atom. The Morgan fingerprint density at radius 1 is 0.667 bits per heavy atom. The van der Waals surface area contributed by atoms with E-state index in [4.69, 9.17) is 43.4 Å². The molecule has 0 saturated carbocycles. The number of thiocarbonyl (C=S) groups is 2. The molecule has 194 valence electrons. The summed E-state index contributed by atoms with van der Waals surface area (Å²) in [5.41, 5.74) is 6.42. The van der Waals surface area contributed by atoms with Crippen molar-refractivity contribution in [2.24, 2.45) is 5.92 Å². The average molecular weight is 535 g/mol. The van der Waals surface area contributed by atoms with Gasteiger partial charge in [0, 0.05) is 37.4 Å². The van der Waals surface area contributed by atoms with Crippen molar-refractivity contribution in [3.63, 3.8) is 0 Å². The number of hydrogen-bond acceptors (Lipinski definition) is 8. The van der Waals surface area contributed by atoms with Crippen molar-refractivity contribution in [1.29, 1.82) is 0 Å². The summed E-state index contributed by atoms with van der Waals surface area (Å²) in [5, 5.41) is 2.49. The SMILES string of the molecule is COc1cc(OC)cc(C(=O)N(C)NC(=S)C(C)C(=S)NN(C)C(=O)c2cc(OC)cc(OC)c2)c1. The quantitative estimate of drug-likeness (QED) is 0.388. The molecular weight excluding hydrogens is 504 g/mol. The van der Waals surface area contributed by atoms with Crippen molar-refractivity contribution < 1.29 is 28.5 Å². The van der Waals surface area contributed by atoms with Gasteiger partial charge < -0.3 is 18.9 Å². The minimum atomic E-state index is -0.500. The highest BCUT2D eigenvalue weighted by Gasteiger charge is 2.22. The molecule has 0 unspecified atom stereocenters. The van der Waals surface area contributed by atoms with Gasteiger partial charge in [0.05, 0.1) is 34.4 Å². The third-order valence-electron chi connectivity index (χ3n) is 5.15. The first-order valence-electron chi connectivity index (χ1n) is 10.7. The van der Waals surface area contributed by atoms with E-state index in [1.54, 1.807) is 43.3 Å². The number of nitrogens with one attached hydrogen (secondary N) is 2. The van der Waals surface area contributed by atoms with Crippen molar-refractivity contribution in [2.45, 2.75) is 6.92 Å². The van der Waals surface area contributed by atoms with Gasteiger partial charge >= 0.3 is 0 Å². The zero-order valence-corrected chi connectivity index (χ0v) is 22.8. The molecule has 2 amide bonds. The molecule has 0 spiro atoms. The normalized spacial score (nSPS) is 10.2. The Bertz CT molecular complexity index is 1010. The molecule has 0 fully saturated rings. The van der Waals surface area contributed by atoms with Crippen LogP contribution in [0.2, 0.25) is 0 Å². The highest BCUT2D eigenvalue weighted by atomic mass is 32.1. The van der Waals surface area contributed by atoms with Crippen molar-refractivity contribution in [3.8, 4) is 23.0 Å². The zero-order chi connectivity index (χ0) is 27.0. The van der Waals surface area contributed by atoms with E-state index in [0.717, 1.165) is 0 Å². The summed E-state index contributed by atoms with van der Waals surface area (Å²) >= 11 is 10.9. The number of rotatable bonds is 8. The second-order valence-electron chi connectivity index (χ2n) is 7.60. The molecule has 0 atom stereocenters. The fourth-order valence-corrected chi connectivity index (χ4v) is 3.58. The molecule has 2 aromatic rings. The Kier molecular flexibility index (Phi) is 10.2. The van der Waals surface area contributed by atoms with Crippen LogP contribution in [-0.2, 0) is 0 Å². The molecule has 0 aliphatic rings. The van der Waals surface area contributed by atoms with Gasteiger partial charge in [-0.15, -0.1) is 0 Å². The second-order valence-corrected chi connectivity index (χ2v) is 8.48. The smallest absolute Gasteiger partial charge is 0.272 e. The molecule has 10 nitrogen and oxygen atoms in total. The largest absolute Gasteiger partial charge is 0.497 e. The van der Waals surface area contributed by atoms with E-state index in [1.165, 1.54) is 52.6 Å². The van der Waals surface area contributed by atoms with Crippen LogP contribution in [0.5, 0.6) is 23.0 Å². The number of ether oxygens (including phenoxy) is 4. The Labute approximate surface area is 221 Å². The molecule has 2 rings (SSSR count). The lowest BCUT2D eigenvalue weighted by atomic mass is 10.1. The number of methoxy groups -OCH3 is 4. The number of hydrazine groups is 2. The van der Waals surface area contributed by atoms with Crippen LogP contribution in [0.3, 0.4) is 0 Å². The summed E-state index contributed by atoms with van der Waals surface area (Å²) in [6, 6.07) is 9.71. The molecule has 0 aliphatic heterocycles. The van der Waals surface area contributed by atoms with Gasteiger partial charge in [-0.1, -0.05) is 24.4 Å². The van der Waals surface area contributed by atoms with E-state index in [0.29, 0.717) is 34.1 Å². The molecule has 0 aromatic heterocycles. The maximum Gasteiger partial charge on any atom is 0.272 e. The predicted molar refractivity (Wildman–Crippen MR) is 144 cm³/mol. The fourth-order valence-electron chi connectivity index (χ4n) is 2.99. The summed E-state index contributed by atoms with van der Waals surface area (Å²) in [7, 11) is 9.08. The van der Waals surface area contributed by atoms with Gasteiger partial charge in [-0.05, 0) is 31.2 Å². The molecule has 0 bridgehead atoms. The summed E-state index contributed by atoms with van der Waals surface area (Å²) in [6.07, 6.45) is 0. The molecule has 0 radical (unpaired) electrons.